The summed E-state index contributed by atoms with van der Waals surface area (Å²) in [5.74, 6) is 0.0474. The first kappa shape index (κ1) is 14.2. The third kappa shape index (κ3) is 2.84. The molecule has 1 atom stereocenters. The van der Waals surface area contributed by atoms with E-state index in [0.29, 0.717) is 19.7 Å². The molecule has 0 spiro atoms. The van der Waals surface area contributed by atoms with E-state index in [1.165, 1.54) is 11.3 Å². The second kappa shape index (κ2) is 5.95. The van der Waals surface area contributed by atoms with Crippen LogP contribution in [-0.2, 0) is 11.3 Å². The van der Waals surface area contributed by atoms with Crippen molar-refractivity contribution in [3.05, 3.63) is 34.0 Å². The van der Waals surface area contributed by atoms with Crippen LogP contribution in [0, 0.1) is 6.92 Å². The number of hydrogen-bond donors (Lipinski definition) is 0. The quantitative estimate of drug-likeness (QED) is 0.869. The molecule has 1 fully saturated rings. The molecule has 1 aliphatic heterocycles. The largest absolute Gasteiger partial charge is 0.370 e. The van der Waals surface area contributed by atoms with Gasteiger partial charge in [-0.2, -0.15) is 5.10 Å². The molecule has 21 heavy (non-hydrogen) atoms. The first-order valence-electron chi connectivity index (χ1n) is 7.02. The lowest BCUT2D eigenvalue weighted by atomic mass is 10.1. The maximum absolute atomic E-state index is 12.5. The fraction of sp³-hybridized carbons (Fsp3) is 0.500. The zero-order valence-corrected chi connectivity index (χ0v) is 13.0. The van der Waals surface area contributed by atoms with Crippen molar-refractivity contribution in [3.63, 3.8) is 0 Å². The Morgan fingerprint density at radius 3 is 3.10 bits per heavy atom. The van der Waals surface area contributed by atoms with Crippen LogP contribution in [0.4, 0.5) is 0 Å². The summed E-state index contributed by atoms with van der Waals surface area (Å²) in [6.45, 7) is 6.47. The van der Waals surface area contributed by atoms with E-state index < -0.39 is 0 Å². The Morgan fingerprint density at radius 1 is 1.57 bits per heavy atom. The lowest BCUT2D eigenvalue weighted by Gasteiger charge is -2.32. The molecule has 0 bridgehead atoms. The number of rotatable bonds is 3. The molecular formula is C14H18N4O2S. The molecule has 0 aliphatic carbocycles. The van der Waals surface area contributed by atoms with Crippen molar-refractivity contribution in [2.24, 2.45) is 0 Å². The first-order chi connectivity index (χ1) is 10.2. The summed E-state index contributed by atoms with van der Waals surface area (Å²) in [7, 11) is 0. The second-order valence-electron chi connectivity index (χ2n) is 5.01. The molecule has 0 unspecified atom stereocenters. The third-order valence-corrected chi connectivity index (χ3v) is 4.56. The average Bonchev–Trinajstić information content (AvgIpc) is 3.15. The molecule has 0 saturated carbocycles. The number of amides is 1. The van der Waals surface area contributed by atoms with Crippen molar-refractivity contribution in [2.45, 2.75) is 26.5 Å². The predicted molar refractivity (Wildman–Crippen MR) is 79.3 cm³/mol. The number of thiazole rings is 1. The van der Waals surface area contributed by atoms with Crippen LogP contribution < -0.4 is 0 Å². The molecule has 1 aliphatic rings. The van der Waals surface area contributed by atoms with E-state index in [4.69, 9.17) is 4.74 Å². The molecule has 0 aromatic carbocycles. The number of morpholine rings is 1. The average molecular weight is 306 g/mol. The van der Waals surface area contributed by atoms with Gasteiger partial charge in [0.1, 0.15) is 11.0 Å². The van der Waals surface area contributed by atoms with Gasteiger partial charge < -0.3 is 9.64 Å². The summed E-state index contributed by atoms with van der Waals surface area (Å²) >= 11 is 1.40. The number of ether oxygens (including phenoxy) is 1. The van der Waals surface area contributed by atoms with E-state index in [2.05, 4.69) is 10.1 Å². The number of aryl methyl sites for hydroxylation is 2. The number of hydrogen-bond acceptors (Lipinski definition) is 5. The van der Waals surface area contributed by atoms with Gasteiger partial charge in [-0.15, -0.1) is 11.3 Å². The van der Waals surface area contributed by atoms with Crippen LogP contribution in [0.3, 0.4) is 0 Å². The van der Waals surface area contributed by atoms with Crippen LogP contribution in [0.1, 0.15) is 34.0 Å². The highest BCUT2D eigenvalue weighted by atomic mass is 32.1. The maximum Gasteiger partial charge on any atom is 0.266 e. The highest BCUT2D eigenvalue weighted by Gasteiger charge is 2.28. The Balaban J connectivity index is 1.74. The summed E-state index contributed by atoms with van der Waals surface area (Å²) < 4.78 is 7.66. The monoisotopic (exact) mass is 306 g/mol. The Hall–Kier alpha value is -1.73. The van der Waals surface area contributed by atoms with Crippen LogP contribution in [0.15, 0.2) is 17.9 Å². The minimum Gasteiger partial charge on any atom is -0.370 e. The number of carbonyl (C=O) groups is 1. The van der Waals surface area contributed by atoms with Gasteiger partial charge in [-0.1, -0.05) is 0 Å². The Kier molecular flexibility index (Phi) is 4.03. The zero-order valence-electron chi connectivity index (χ0n) is 12.2. The Labute approximate surface area is 127 Å². The smallest absolute Gasteiger partial charge is 0.266 e. The molecule has 2 aromatic heterocycles. The molecule has 1 saturated heterocycles. The van der Waals surface area contributed by atoms with Crippen LogP contribution in [-0.4, -0.2) is 45.3 Å². The Bertz CT molecular complexity index is 636. The normalized spacial score (nSPS) is 19.0. The van der Waals surface area contributed by atoms with E-state index in [-0.39, 0.29) is 12.0 Å². The van der Waals surface area contributed by atoms with Crippen molar-refractivity contribution in [3.8, 4) is 0 Å². The van der Waals surface area contributed by atoms with Gasteiger partial charge in [0.25, 0.3) is 5.91 Å². The van der Waals surface area contributed by atoms with Crippen LogP contribution >= 0.6 is 11.3 Å². The van der Waals surface area contributed by atoms with Gasteiger partial charge in [-0.05, 0) is 13.8 Å². The maximum atomic E-state index is 12.5. The SMILES string of the molecule is CCn1cc([C@@H]2CN(C(=O)c3scnc3C)CCO2)cn1. The second-order valence-corrected chi connectivity index (χ2v) is 5.86. The lowest BCUT2D eigenvalue weighted by molar-refractivity contribution is -0.0227. The topological polar surface area (TPSA) is 60.2 Å². The van der Waals surface area contributed by atoms with E-state index in [1.807, 2.05) is 35.8 Å². The van der Waals surface area contributed by atoms with E-state index in [0.717, 1.165) is 22.7 Å². The van der Waals surface area contributed by atoms with Crippen LogP contribution in [0.5, 0.6) is 0 Å². The van der Waals surface area contributed by atoms with E-state index in [9.17, 15) is 4.79 Å². The summed E-state index contributed by atoms with van der Waals surface area (Å²) in [5.41, 5.74) is 3.54. The molecular weight excluding hydrogens is 288 g/mol. The molecule has 0 radical (unpaired) electrons. The van der Waals surface area contributed by atoms with Crippen LogP contribution in [0.25, 0.3) is 0 Å². The molecule has 0 N–H and O–H groups in total. The van der Waals surface area contributed by atoms with Crippen LogP contribution in [0.2, 0.25) is 0 Å². The number of nitrogens with zero attached hydrogens (tertiary/aromatic N) is 4. The van der Waals surface area contributed by atoms with Crippen molar-refractivity contribution >= 4 is 17.2 Å². The van der Waals surface area contributed by atoms with Gasteiger partial charge >= 0.3 is 0 Å². The molecule has 1 amide bonds. The highest BCUT2D eigenvalue weighted by molar-refractivity contribution is 7.11. The Morgan fingerprint density at radius 2 is 2.43 bits per heavy atom. The van der Waals surface area contributed by atoms with Gasteiger partial charge in [0, 0.05) is 24.8 Å². The fourth-order valence-electron chi connectivity index (χ4n) is 2.40. The summed E-state index contributed by atoms with van der Waals surface area (Å²) in [4.78, 5) is 19.3. The number of aromatic nitrogens is 3. The molecule has 112 valence electrons. The van der Waals surface area contributed by atoms with Crippen molar-refractivity contribution in [1.82, 2.24) is 19.7 Å². The molecule has 3 rings (SSSR count). The molecule has 3 heterocycles. The van der Waals surface area contributed by atoms with Gasteiger partial charge in [-0.3, -0.25) is 9.48 Å². The van der Waals surface area contributed by atoms with Gasteiger partial charge in [0.15, 0.2) is 0 Å². The van der Waals surface area contributed by atoms with Gasteiger partial charge in [0.2, 0.25) is 0 Å². The third-order valence-electron chi connectivity index (χ3n) is 3.64. The summed E-state index contributed by atoms with van der Waals surface area (Å²) in [6, 6.07) is 0. The highest BCUT2D eigenvalue weighted by Crippen LogP contribution is 2.24. The summed E-state index contributed by atoms with van der Waals surface area (Å²) in [5, 5.41) is 4.27. The predicted octanol–water partition coefficient (Wildman–Crippen LogP) is 1.88. The number of carbonyl (C=O) groups excluding carboxylic acids is 1. The molecule has 6 nitrogen and oxygen atoms in total. The summed E-state index contributed by atoms with van der Waals surface area (Å²) in [6.07, 6.45) is 3.70. The minimum absolute atomic E-state index is 0.0474. The fourth-order valence-corrected chi connectivity index (χ4v) is 3.17. The van der Waals surface area contributed by atoms with Gasteiger partial charge in [-0.25, -0.2) is 4.98 Å². The standard InChI is InChI=1S/C14H18N4O2S/c1-3-18-7-11(6-16-18)12-8-17(4-5-20-12)14(19)13-10(2)15-9-21-13/h6-7,9,12H,3-5,8H2,1-2H3/t12-/m0/s1. The lowest BCUT2D eigenvalue weighted by Crippen LogP contribution is -2.42. The molecule has 7 heteroatoms. The van der Waals surface area contributed by atoms with E-state index >= 15 is 0 Å². The van der Waals surface area contributed by atoms with Gasteiger partial charge in [0.05, 0.1) is 30.6 Å². The van der Waals surface area contributed by atoms with E-state index in [1.54, 1.807) is 5.51 Å². The first-order valence-corrected chi connectivity index (χ1v) is 7.90. The zero-order chi connectivity index (χ0) is 14.8. The van der Waals surface area contributed by atoms with Crippen molar-refractivity contribution in [1.29, 1.82) is 0 Å². The van der Waals surface area contributed by atoms with Crippen molar-refractivity contribution < 1.29 is 9.53 Å². The molecule has 2 aromatic rings. The van der Waals surface area contributed by atoms with Crippen molar-refractivity contribution in [2.75, 3.05) is 19.7 Å². The minimum atomic E-state index is -0.101.